The summed E-state index contributed by atoms with van der Waals surface area (Å²) in [5, 5.41) is 5.91. The smallest absolute Gasteiger partial charge is 0.262 e. The van der Waals surface area contributed by atoms with Crippen molar-refractivity contribution >= 4 is 29.3 Å². The molecule has 2 aliphatic rings. The minimum absolute atomic E-state index is 0.173. The van der Waals surface area contributed by atoms with E-state index in [1.54, 1.807) is 0 Å². The highest BCUT2D eigenvalue weighted by atomic mass is 32.2. The van der Waals surface area contributed by atoms with E-state index in [4.69, 9.17) is 0 Å². The van der Waals surface area contributed by atoms with Crippen LogP contribution in [0.15, 0.2) is 40.1 Å². The minimum Gasteiger partial charge on any atom is -0.350 e. The fourth-order valence-electron chi connectivity index (χ4n) is 3.23. The van der Waals surface area contributed by atoms with Gasteiger partial charge in [0.2, 0.25) is 5.91 Å². The molecule has 1 saturated carbocycles. The Morgan fingerprint density at radius 1 is 1.30 bits per heavy atom. The van der Waals surface area contributed by atoms with E-state index < -0.39 is 0 Å². The predicted octanol–water partition coefficient (Wildman–Crippen LogP) is 3.56. The van der Waals surface area contributed by atoms with Gasteiger partial charge in [0.25, 0.3) is 5.91 Å². The lowest BCUT2D eigenvalue weighted by atomic mass is 9.78. The number of carbonyl (C=O) groups excluding carboxylic acids is 2. The molecule has 2 N–H and O–H groups in total. The first kappa shape index (κ1) is 16.1. The molecule has 2 amide bonds. The van der Waals surface area contributed by atoms with E-state index in [-0.39, 0.29) is 17.9 Å². The number of hydrogen-bond donors (Lipinski definition) is 2. The van der Waals surface area contributed by atoms with Crippen molar-refractivity contribution in [3.8, 4) is 0 Å². The van der Waals surface area contributed by atoms with Crippen LogP contribution in [0.4, 0.5) is 5.69 Å². The number of hydrogen-bond acceptors (Lipinski definition) is 3. The molecule has 1 heterocycles. The largest absolute Gasteiger partial charge is 0.350 e. The monoisotopic (exact) mass is 330 g/mol. The molecular formula is C18H22N2O2S. The Kier molecular flexibility index (Phi) is 4.76. The van der Waals surface area contributed by atoms with Crippen molar-refractivity contribution in [2.45, 2.75) is 44.0 Å². The number of para-hydroxylation sites is 1. The van der Waals surface area contributed by atoms with Gasteiger partial charge < -0.3 is 10.6 Å². The summed E-state index contributed by atoms with van der Waals surface area (Å²) < 4.78 is 0. The van der Waals surface area contributed by atoms with Crippen molar-refractivity contribution in [3.63, 3.8) is 0 Å². The zero-order chi connectivity index (χ0) is 16.4. The Morgan fingerprint density at radius 2 is 2.09 bits per heavy atom. The summed E-state index contributed by atoms with van der Waals surface area (Å²) in [6.07, 6.45) is 4.82. The molecular weight excluding hydrogens is 308 g/mol. The van der Waals surface area contributed by atoms with Crippen LogP contribution in [0.3, 0.4) is 0 Å². The number of nitrogens with one attached hydrogen (secondary N) is 2. The van der Waals surface area contributed by atoms with Crippen molar-refractivity contribution in [3.05, 3.63) is 35.2 Å². The third kappa shape index (κ3) is 3.61. The van der Waals surface area contributed by atoms with Crippen molar-refractivity contribution in [2.75, 3.05) is 5.32 Å². The molecule has 0 spiro atoms. The average Bonchev–Trinajstić information content (AvgIpc) is 2.52. The van der Waals surface area contributed by atoms with Gasteiger partial charge in [-0.1, -0.05) is 50.6 Å². The van der Waals surface area contributed by atoms with Crippen LogP contribution in [-0.2, 0) is 9.59 Å². The molecule has 0 aromatic heterocycles. The Morgan fingerprint density at radius 3 is 2.91 bits per heavy atom. The summed E-state index contributed by atoms with van der Waals surface area (Å²) >= 11 is 1.35. The lowest BCUT2D eigenvalue weighted by Crippen LogP contribution is -2.43. The van der Waals surface area contributed by atoms with Gasteiger partial charge >= 0.3 is 0 Å². The van der Waals surface area contributed by atoms with Crippen molar-refractivity contribution in [2.24, 2.45) is 11.8 Å². The van der Waals surface area contributed by atoms with Gasteiger partial charge in [-0.2, -0.15) is 0 Å². The highest BCUT2D eigenvalue weighted by molar-refractivity contribution is 8.04. The summed E-state index contributed by atoms with van der Waals surface area (Å²) in [5.74, 6) is 0.711. The van der Waals surface area contributed by atoms with Gasteiger partial charge in [0.15, 0.2) is 0 Å². The molecule has 3 atom stereocenters. The van der Waals surface area contributed by atoms with E-state index in [1.807, 2.05) is 24.3 Å². The molecule has 1 aromatic rings. The summed E-state index contributed by atoms with van der Waals surface area (Å²) in [6.45, 7) is 4.43. The van der Waals surface area contributed by atoms with E-state index in [1.165, 1.54) is 24.3 Å². The maximum absolute atomic E-state index is 12.3. The van der Waals surface area contributed by atoms with Crippen molar-refractivity contribution in [1.82, 2.24) is 5.32 Å². The van der Waals surface area contributed by atoms with E-state index in [9.17, 15) is 9.59 Å². The van der Waals surface area contributed by atoms with Crippen LogP contribution in [0.2, 0.25) is 0 Å². The van der Waals surface area contributed by atoms with Crippen LogP contribution in [0, 0.1) is 11.8 Å². The Hall–Kier alpha value is -1.75. The summed E-state index contributed by atoms with van der Waals surface area (Å²) in [7, 11) is 0. The van der Waals surface area contributed by atoms with Gasteiger partial charge in [-0.3, -0.25) is 9.59 Å². The maximum Gasteiger partial charge on any atom is 0.262 e. The second kappa shape index (κ2) is 6.79. The second-order valence-corrected chi connectivity index (χ2v) is 7.53. The normalized spacial score (nSPS) is 28.9. The minimum atomic E-state index is -0.214. The summed E-state index contributed by atoms with van der Waals surface area (Å²) in [6, 6.07) is 7.81. The standard InChI is InChI=1S/C18H22N2O2S/c1-11-6-5-8-13(12(11)2)19-17(21)10-16-18(22)20-14-7-3-4-9-15(14)23-16/h3-4,7,9-13H,5-6,8H2,1-2H3,(H,19,21)(H,20,22)/b16-10-/t11-,12-,13+/m1/s1. The van der Waals surface area contributed by atoms with E-state index >= 15 is 0 Å². The molecule has 4 nitrogen and oxygen atoms in total. The molecule has 1 aliphatic heterocycles. The molecule has 1 aromatic carbocycles. The number of carbonyl (C=O) groups is 2. The zero-order valence-corrected chi connectivity index (χ0v) is 14.3. The molecule has 0 radical (unpaired) electrons. The van der Waals surface area contributed by atoms with Crippen LogP contribution in [0.25, 0.3) is 0 Å². The van der Waals surface area contributed by atoms with Crippen LogP contribution in [-0.4, -0.2) is 17.9 Å². The fraction of sp³-hybridized carbons (Fsp3) is 0.444. The number of anilines is 1. The second-order valence-electron chi connectivity index (χ2n) is 6.44. The van der Waals surface area contributed by atoms with Gasteiger partial charge in [-0.25, -0.2) is 0 Å². The summed E-state index contributed by atoms with van der Waals surface area (Å²) in [5.41, 5.74) is 0.801. The van der Waals surface area contributed by atoms with Gasteiger partial charge in [-0.05, 0) is 30.4 Å². The van der Waals surface area contributed by atoms with E-state index in [2.05, 4.69) is 24.5 Å². The van der Waals surface area contributed by atoms with Crippen LogP contribution < -0.4 is 10.6 Å². The number of rotatable bonds is 2. The van der Waals surface area contributed by atoms with Crippen LogP contribution in [0.5, 0.6) is 0 Å². The maximum atomic E-state index is 12.3. The van der Waals surface area contributed by atoms with Gasteiger partial charge in [-0.15, -0.1) is 0 Å². The third-order valence-corrected chi connectivity index (χ3v) is 5.97. The van der Waals surface area contributed by atoms with E-state index in [0.29, 0.717) is 16.7 Å². The molecule has 0 bridgehead atoms. The van der Waals surface area contributed by atoms with E-state index in [0.717, 1.165) is 23.4 Å². The quantitative estimate of drug-likeness (QED) is 0.815. The predicted molar refractivity (Wildman–Crippen MR) is 93.1 cm³/mol. The van der Waals surface area contributed by atoms with Gasteiger partial charge in [0.1, 0.15) is 0 Å². The zero-order valence-electron chi connectivity index (χ0n) is 13.5. The molecule has 23 heavy (non-hydrogen) atoms. The van der Waals surface area contributed by atoms with Gasteiger partial charge in [0.05, 0.1) is 10.6 Å². The summed E-state index contributed by atoms with van der Waals surface area (Å²) in [4.78, 5) is 25.8. The highest BCUT2D eigenvalue weighted by Crippen LogP contribution is 2.37. The number of amides is 2. The number of benzene rings is 1. The first-order chi connectivity index (χ1) is 11.0. The van der Waals surface area contributed by atoms with Crippen LogP contribution in [0.1, 0.15) is 33.1 Å². The number of fused-ring (bicyclic) bond motifs is 1. The third-order valence-electron chi connectivity index (χ3n) is 4.88. The lowest BCUT2D eigenvalue weighted by molar-refractivity contribution is -0.118. The molecule has 3 rings (SSSR count). The first-order valence-electron chi connectivity index (χ1n) is 8.15. The fourth-order valence-corrected chi connectivity index (χ4v) is 4.15. The lowest BCUT2D eigenvalue weighted by Gasteiger charge is -2.34. The Bertz CT molecular complexity index is 656. The molecule has 122 valence electrons. The molecule has 5 heteroatoms. The van der Waals surface area contributed by atoms with Crippen LogP contribution >= 0.6 is 11.8 Å². The topological polar surface area (TPSA) is 58.2 Å². The average molecular weight is 330 g/mol. The van der Waals surface area contributed by atoms with Crippen molar-refractivity contribution in [1.29, 1.82) is 0 Å². The molecule has 1 aliphatic carbocycles. The van der Waals surface area contributed by atoms with Gasteiger partial charge in [0, 0.05) is 17.0 Å². The molecule has 1 fully saturated rings. The Balaban J connectivity index is 1.69. The first-order valence-corrected chi connectivity index (χ1v) is 8.96. The highest BCUT2D eigenvalue weighted by Gasteiger charge is 2.28. The van der Waals surface area contributed by atoms with Crippen molar-refractivity contribution < 1.29 is 9.59 Å². The molecule has 0 unspecified atom stereocenters. The number of thioether (sulfide) groups is 1. The molecule has 0 saturated heterocycles. The SMILES string of the molecule is C[C@@H]1[C@H](C)CCC[C@@H]1NC(=O)/C=C1\Sc2ccccc2NC1=O. The Labute approximate surface area is 141 Å².